The van der Waals surface area contributed by atoms with Gasteiger partial charge in [-0.15, -0.1) is 0 Å². The normalized spacial score (nSPS) is 16.3. The number of alkyl halides is 3. The van der Waals surface area contributed by atoms with Gasteiger partial charge in [0.1, 0.15) is 5.75 Å². The Morgan fingerprint density at radius 2 is 1.76 bits per heavy atom. The molecule has 11 heteroatoms. The SMILES string of the molecule is COc1ccc(S(=O)(=O)N2CCCN(Cc3ccc(C(F)(F)F)cc3)CC2)cc1NC(C)=O. The lowest BCUT2D eigenvalue weighted by molar-refractivity contribution is -0.137. The van der Waals surface area contributed by atoms with E-state index in [2.05, 4.69) is 5.32 Å². The summed E-state index contributed by atoms with van der Waals surface area (Å²) in [4.78, 5) is 13.5. The van der Waals surface area contributed by atoms with E-state index in [1.54, 1.807) is 0 Å². The Morgan fingerprint density at radius 1 is 1.06 bits per heavy atom. The molecule has 1 aliphatic heterocycles. The summed E-state index contributed by atoms with van der Waals surface area (Å²) in [7, 11) is -2.39. The van der Waals surface area contributed by atoms with Gasteiger partial charge in [-0.25, -0.2) is 8.42 Å². The average molecular weight is 486 g/mol. The van der Waals surface area contributed by atoms with Gasteiger partial charge >= 0.3 is 6.18 Å². The maximum absolute atomic E-state index is 13.2. The first-order valence-corrected chi connectivity index (χ1v) is 11.8. The second-order valence-electron chi connectivity index (χ2n) is 7.77. The summed E-state index contributed by atoms with van der Waals surface area (Å²) < 4.78 is 71.3. The molecule has 0 bridgehead atoms. The highest BCUT2D eigenvalue weighted by Crippen LogP contribution is 2.30. The fourth-order valence-corrected chi connectivity index (χ4v) is 5.18. The van der Waals surface area contributed by atoms with Gasteiger partial charge in [0.25, 0.3) is 0 Å². The van der Waals surface area contributed by atoms with Crippen LogP contribution in [0.3, 0.4) is 0 Å². The topological polar surface area (TPSA) is 79.0 Å². The number of nitrogens with one attached hydrogen (secondary N) is 1. The predicted molar refractivity (Wildman–Crippen MR) is 117 cm³/mol. The van der Waals surface area contributed by atoms with Gasteiger partial charge in [-0.05, 0) is 48.9 Å². The van der Waals surface area contributed by atoms with E-state index < -0.39 is 21.8 Å². The molecule has 180 valence electrons. The van der Waals surface area contributed by atoms with Gasteiger partial charge in [-0.3, -0.25) is 9.69 Å². The second kappa shape index (κ2) is 10.1. The lowest BCUT2D eigenvalue weighted by Crippen LogP contribution is -2.35. The summed E-state index contributed by atoms with van der Waals surface area (Å²) >= 11 is 0. The molecule has 2 aromatic rings. The minimum Gasteiger partial charge on any atom is -0.495 e. The minimum absolute atomic E-state index is 0.0447. The predicted octanol–water partition coefficient (Wildman–Crippen LogP) is 3.57. The first-order valence-electron chi connectivity index (χ1n) is 10.3. The molecule has 0 aromatic heterocycles. The van der Waals surface area contributed by atoms with Gasteiger partial charge in [-0.1, -0.05) is 12.1 Å². The number of ether oxygens (including phenoxy) is 1. The van der Waals surface area contributed by atoms with Gasteiger partial charge in [0.2, 0.25) is 15.9 Å². The highest BCUT2D eigenvalue weighted by atomic mass is 32.2. The molecule has 7 nitrogen and oxygen atoms in total. The molecule has 1 fully saturated rings. The maximum atomic E-state index is 13.2. The van der Waals surface area contributed by atoms with Crippen molar-refractivity contribution in [1.82, 2.24) is 9.21 Å². The van der Waals surface area contributed by atoms with E-state index in [1.807, 2.05) is 4.90 Å². The summed E-state index contributed by atoms with van der Waals surface area (Å²) in [6, 6.07) is 9.31. The van der Waals surface area contributed by atoms with Crippen molar-refractivity contribution < 1.29 is 31.1 Å². The van der Waals surface area contributed by atoms with Crippen LogP contribution in [0.4, 0.5) is 18.9 Å². The Bertz CT molecular complexity index is 1090. The van der Waals surface area contributed by atoms with Crippen molar-refractivity contribution in [3.05, 3.63) is 53.6 Å². The standard InChI is InChI=1S/C22H26F3N3O4S/c1-16(29)26-20-14-19(8-9-21(20)32-2)33(30,31)28-11-3-10-27(12-13-28)15-17-4-6-18(7-5-17)22(23,24)25/h4-9,14H,3,10-13,15H2,1-2H3,(H,26,29). The van der Waals surface area contributed by atoms with Crippen LogP contribution in [0.2, 0.25) is 0 Å². The van der Waals surface area contributed by atoms with Crippen LogP contribution in [0.25, 0.3) is 0 Å². The van der Waals surface area contributed by atoms with E-state index in [9.17, 15) is 26.4 Å². The number of methoxy groups -OCH3 is 1. The molecule has 0 atom stereocenters. The van der Waals surface area contributed by atoms with Crippen molar-refractivity contribution in [3.63, 3.8) is 0 Å². The summed E-state index contributed by atoms with van der Waals surface area (Å²) in [5.74, 6) is -0.000684. The van der Waals surface area contributed by atoms with Crippen LogP contribution in [-0.4, -0.2) is 56.8 Å². The van der Waals surface area contributed by atoms with Gasteiger partial charge < -0.3 is 10.1 Å². The molecule has 1 amide bonds. The smallest absolute Gasteiger partial charge is 0.416 e. The van der Waals surface area contributed by atoms with E-state index in [0.717, 1.165) is 17.7 Å². The molecule has 2 aromatic carbocycles. The van der Waals surface area contributed by atoms with Crippen LogP contribution >= 0.6 is 0 Å². The fraction of sp³-hybridized carbons (Fsp3) is 0.409. The lowest BCUT2D eigenvalue weighted by Gasteiger charge is -2.22. The molecule has 1 saturated heterocycles. The van der Waals surface area contributed by atoms with Crippen molar-refractivity contribution in [2.24, 2.45) is 0 Å². The van der Waals surface area contributed by atoms with E-state index in [0.29, 0.717) is 38.3 Å². The molecular weight excluding hydrogens is 459 g/mol. The van der Waals surface area contributed by atoms with Crippen LogP contribution in [0.15, 0.2) is 47.4 Å². The molecule has 1 aliphatic rings. The van der Waals surface area contributed by atoms with Crippen molar-refractivity contribution in [2.75, 3.05) is 38.6 Å². The number of carbonyl (C=O) groups is 1. The quantitative estimate of drug-likeness (QED) is 0.677. The monoisotopic (exact) mass is 485 g/mol. The molecule has 1 N–H and O–H groups in total. The minimum atomic E-state index is -4.38. The largest absolute Gasteiger partial charge is 0.495 e. The van der Waals surface area contributed by atoms with E-state index in [1.165, 1.54) is 48.7 Å². The van der Waals surface area contributed by atoms with Crippen LogP contribution in [0, 0.1) is 0 Å². The van der Waals surface area contributed by atoms with E-state index in [4.69, 9.17) is 4.74 Å². The molecule has 0 unspecified atom stereocenters. The van der Waals surface area contributed by atoms with Gasteiger partial charge in [-0.2, -0.15) is 17.5 Å². The zero-order chi connectivity index (χ0) is 24.2. The number of sulfonamides is 1. The Kier molecular flexibility index (Phi) is 7.65. The number of rotatable bonds is 6. The van der Waals surface area contributed by atoms with Crippen molar-refractivity contribution in [2.45, 2.75) is 31.0 Å². The number of amides is 1. The number of nitrogens with zero attached hydrogens (tertiary/aromatic N) is 2. The number of benzene rings is 2. The third-order valence-electron chi connectivity index (χ3n) is 5.35. The number of carbonyl (C=O) groups excluding carboxylic acids is 1. The first-order chi connectivity index (χ1) is 15.5. The zero-order valence-corrected chi connectivity index (χ0v) is 19.2. The summed E-state index contributed by atoms with van der Waals surface area (Å²) in [5.41, 5.74) is 0.303. The van der Waals surface area contributed by atoms with E-state index in [-0.39, 0.29) is 23.0 Å². The third kappa shape index (κ3) is 6.24. The lowest BCUT2D eigenvalue weighted by atomic mass is 10.1. The van der Waals surface area contributed by atoms with Crippen LogP contribution in [0.1, 0.15) is 24.5 Å². The molecular formula is C22H26F3N3O4S. The van der Waals surface area contributed by atoms with Crippen molar-refractivity contribution in [1.29, 1.82) is 0 Å². The van der Waals surface area contributed by atoms with Crippen LogP contribution < -0.4 is 10.1 Å². The van der Waals surface area contributed by atoms with Crippen LogP contribution in [0.5, 0.6) is 5.75 Å². The maximum Gasteiger partial charge on any atom is 0.416 e. The third-order valence-corrected chi connectivity index (χ3v) is 7.25. The average Bonchev–Trinajstić information content (AvgIpc) is 2.99. The van der Waals surface area contributed by atoms with Crippen molar-refractivity contribution >= 4 is 21.6 Å². The zero-order valence-electron chi connectivity index (χ0n) is 18.4. The molecule has 0 saturated carbocycles. The number of halogens is 3. The number of hydrogen-bond donors (Lipinski definition) is 1. The molecule has 0 aliphatic carbocycles. The first kappa shape index (κ1) is 25.0. The molecule has 33 heavy (non-hydrogen) atoms. The fourth-order valence-electron chi connectivity index (χ4n) is 3.69. The Hall–Kier alpha value is -2.63. The highest BCUT2D eigenvalue weighted by molar-refractivity contribution is 7.89. The Balaban J connectivity index is 1.70. The van der Waals surface area contributed by atoms with Gasteiger partial charge in [0.05, 0.1) is 23.3 Å². The molecule has 0 spiro atoms. The second-order valence-corrected chi connectivity index (χ2v) is 9.71. The Morgan fingerprint density at radius 3 is 2.36 bits per heavy atom. The Labute approximate surface area is 191 Å². The number of hydrogen-bond acceptors (Lipinski definition) is 5. The summed E-state index contributed by atoms with van der Waals surface area (Å²) in [5, 5.41) is 2.57. The summed E-state index contributed by atoms with van der Waals surface area (Å²) in [6.45, 7) is 3.36. The highest BCUT2D eigenvalue weighted by Gasteiger charge is 2.30. The molecule has 1 heterocycles. The van der Waals surface area contributed by atoms with Gasteiger partial charge in [0, 0.05) is 33.1 Å². The van der Waals surface area contributed by atoms with Crippen molar-refractivity contribution in [3.8, 4) is 5.75 Å². The van der Waals surface area contributed by atoms with Gasteiger partial charge in [0.15, 0.2) is 0 Å². The number of anilines is 1. The summed E-state index contributed by atoms with van der Waals surface area (Å²) in [6.07, 6.45) is -3.80. The molecule has 3 rings (SSSR count). The molecule has 0 radical (unpaired) electrons. The van der Waals surface area contributed by atoms with E-state index >= 15 is 0 Å². The van der Waals surface area contributed by atoms with Crippen LogP contribution in [-0.2, 0) is 27.5 Å².